The zero-order chi connectivity index (χ0) is 16.4. The topological polar surface area (TPSA) is 101 Å². The molecule has 0 fully saturated rings. The highest BCUT2D eigenvalue weighted by Crippen LogP contribution is 2.26. The summed E-state index contributed by atoms with van der Waals surface area (Å²) in [7, 11) is -1.77. The van der Waals surface area contributed by atoms with Gasteiger partial charge in [-0.25, -0.2) is 13.2 Å². The molecular formula is C12H14ClNO6S. The van der Waals surface area contributed by atoms with E-state index < -0.39 is 28.0 Å². The number of likely N-dealkylation sites (N-methyl/N-ethyl adjacent to an activating group) is 1. The molecule has 116 valence electrons. The van der Waals surface area contributed by atoms with Crippen LogP contribution in [0, 0.1) is 0 Å². The van der Waals surface area contributed by atoms with Gasteiger partial charge in [-0.05, 0) is 25.1 Å². The predicted molar refractivity (Wildman–Crippen MR) is 74.8 cm³/mol. The second-order valence-electron chi connectivity index (χ2n) is 4.17. The molecule has 1 aromatic rings. The average molecular weight is 336 g/mol. The Morgan fingerprint density at radius 2 is 1.95 bits per heavy atom. The molecule has 0 radical (unpaired) electrons. The van der Waals surface area contributed by atoms with Crippen molar-refractivity contribution in [3.8, 4) is 0 Å². The molecule has 0 saturated heterocycles. The number of benzene rings is 1. The lowest BCUT2D eigenvalue weighted by atomic mass is 10.2. The van der Waals surface area contributed by atoms with Crippen molar-refractivity contribution in [3.63, 3.8) is 0 Å². The van der Waals surface area contributed by atoms with Crippen LogP contribution in [0.1, 0.15) is 17.3 Å². The number of methoxy groups -OCH3 is 1. The summed E-state index contributed by atoms with van der Waals surface area (Å²) in [5.41, 5.74) is 0.0930. The van der Waals surface area contributed by atoms with Crippen LogP contribution >= 0.6 is 11.6 Å². The SMILES string of the molecule is COC(=O)c1ccc(S(=O)(=O)N(C)C(C)C(=O)O)c(Cl)c1. The van der Waals surface area contributed by atoms with Crippen LogP contribution in [0.15, 0.2) is 23.1 Å². The van der Waals surface area contributed by atoms with Gasteiger partial charge < -0.3 is 9.84 Å². The molecule has 21 heavy (non-hydrogen) atoms. The number of esters is 1. The summed E-state index contributed by atoms with van der Waals surface area (Å²) in [5, 5.41) is 8.69. The van der Waals surface area contributed by atoms with Crippen molar-refractivity contribution >= 4 is 33.6 Å². The third kappa shape index (κ3) is 3.52. The Morgan fingerprint density at radius 1 is 1.38 bits per heavy atom. The first-order chi connectivity index (χ1) is 9.62. The monoisotopic (exact) mass is 335 g/mol. The van der Waals surface area contributed by atoms with Gasteiger partial charge in [-0.2, -0.15) is 4.31 Å². The minimum atomic E-state index is -4.09. The number of halogens is 1. The van der Waals surface area contributed by atoms with Crippen molar-refractivity contribution in [2.45, 2.75) is 17.9 Å². The van der Waals surface area contributed by atoms with Gasteiger partial charge in [0.05, 0.1) is 17.7 Å². The van der Waals surface area contributed by atoms with Crippen molar-refractivity contribution in [2.75, 3.05) is 14.2 Å². The van der Waals surface area contributed by atoms with Crippen LogP contribution < -0.4 is 0 Å². The lowest BCUT2D eigenvalue weighted by Gasteiger charge is -2.21. The standard InChI is InChI=1S/C12H14ClNO6S/c1-7(11(15)16)14(2)21(18,19)10-5-4-8(6-9(10)13)12(17)20-3/h4-7H,1-3H3,(H,15,16). The maximum atomic E-state index is 12.3. The average Bonchev–Trinajstić information content (AvgIpc) is 2.43. The van der Waals surface area contributed by atoms with Crippen LogP contribution in [-0.2, 0) is 19.6 Å². The van der Waals surface area contributed by atoms with E-state index in [-0.39, 0.29) is 15.5 Å². The number of hydrogen-bond donors (Lipinski definition) is 1. The van der Waals surface area contributed by atoms with Crippen LogP contribution in [-0.4, -0.2) is 50.0 Å². The van der Waals surface area contributed by atoms with Gasteiger partial charge in [-0.1, -0.05) is 11.6 Å². The zero-order valence-electron chi connectivity index (χ0n) is 11.5. The quantitative estimate of drug-likeness (QED) is 0.812. The molecule has 0 heterocycles. The van der Waals surface area contributed by atoms with Gasteiger partial charge in [0.1, 0.15) is 10.9 Å². The van der Waals surface area contributed by atoms with Crippen molar-refractivity contribution < 1.29 is 27.9 Å². The molecule has 7 nitrogen and oxygen atoms in total. The molecule has 0 aliphatic carbocycles. The fourth-order valence-corrected chi connectivity index (χ4v) is 3.31. The number of rotatable bonds is 5. The molecule has 1 atom stereocenters. The van der Waals surface area contributed by atoms with Crippen LogP contribution in [0.4, 0.5) is 0 Å². The highest BCUT2D eigenvalue weighted by molar-refractivity contribution is 7.89. The summed E-state index contributed by atoms with van der Waals surface area (Å²) >= 11 is 5.88. The van der Waals surface area contributed by atoms with Gasteiger partial charge in [-0.15, -0.1) is 0 Å². The molecule has 9 heteroatoms. The fraction of sp³-hybridized carbons (Fsp3) is 0.333. The Morgan fingerprint density at radius 3 is 2.38 bits per heavy atom. The molecule has 1 rings (SSSR count). The first-order valence-corrected chi connectivity index (χ1v) is 7.53. The molecule has 0 aromatic heterocycles. The van der Waals surface area contributed by atoms with E-state index >= 15 is 0 Å². The second kappa shape index (κ2) is 6.42. The van der Waals surface area contributed by atoms with Crippen molar-refractivity contribution in [1.29, 1.82) is 0 Å². The Hall–Kier alpha value is -1.64. The first kappa shape index (κ1) is 17.4. The number of nitrogens with zero attached hydrogens (tertiary/aromatic N) is 1. The lowest BCUT2D eigenvalue weighted by Crippen LogP contribution is -2.40. The number of carbonyl (C=O) groups is 2. The minimum Gasteiger partial charge on any atom is -0.480 e. The van der Waals surface area contributed by atoms with Crippen molar-refractivity contribution in [3.05, 3.63) is 28.8 Å². The molecule has 1 N–H and O–H groups in total. The van der Waals surface area contributed by atoms with Gasteiger partial charge in [0, 0.05) is 7.05 Å². The molecule has 0 bridgehead atoms. The molecule has 0 saturated carbocycles. The molecule has 0 aliphatic rings. The summed E-state index contributed by atoms with van der Waals surface area (Å²) in [6.45, 7) is 1.23. The van der Waals surface area contributed by atoms with Crippen LogP contribution in [0.3, 0.4) is 0 Å². The van der Waals surface area contributed by atoms with E-state index in [4.69, 9.17) is 16.7 Å². The van der Waals surface area contributed by atoms with Gasteiger partial charge in [0.15, 0.2) is 0 Å². The van der Waals surface area contributed by atoms with Crippen LogP contribution in [0.2, 0.25) is 5.02 Å². The highest BCUT2D eigenvalue weighted by Gasteiger charge is 2.31. The summed E-state index contributed by atoms with van der Waals surface area (Å²) in [4.78, 5) is 21.9. The van der Waals surface area contributed by atoms with Crippen molar-refractivity contribution in [2.24, 2.45) is 0 Å². The van der Waals surface area contributed by atoms with E-state index in [9.17, 15) is 18.0 Å². The molecule has 0 aliphatic heterocycles. The Labute approximate surface area is 127 Å². The van der Waals surface area contributed by atoms with Crippen molar-refractivity contribution in [1.82, 2.24) is 4.31 Å². The number of carboxylic acids is 1. The lowest BCUT2D eigenvalue weighted by molar-refractivity contribution is -0.140. The normalized spacial score (nSPS) is 13.0. The predicted octanol–water partition coefficient (Wildman–Crippen LogP) is 1.22. The zero-order valence-corrected chi connectivity index (χ0v) is 13.1. The van der Waals surface area contributed by atoms with Crippen LogP contribution in [0.25, 0.3) is 0 Å². The number of carbonyl (C=O) groups excluding carboxylic acids is 1. The van der Waals surface area contributed by atoms with E-state index in [2.05, 4.69) is 4.74 Å². The third-order valence-corrected chi connectivity index (χ3v) is 5.32. The smallest absolute Gasteiger partial charge is 0.337 e. The van der Waals surface area contributed by atoms with E-state index in [0.29, 0.717) is 4.31 Å². The number of ether oxygens (including phenoxy) is 1. The maximum Gasteiger partial charge on any atom is 0.337 e. The minimum absolute atomic E-state index is 0.0930. The van der Waals surface area contributed by atoms with Gasteiger partial charge in [0.2, 0.25) is 10.0 Å². The van der Waals surface area contributed by atoms with Gasteiger partial charge in [0.25, 0.3) is 0 Å². The molecule has 0 spiro atoms. The number of aliphatic carboxylic acids is 1. The van der Waals surface area contributed by atoms with E-state index in [1.54, 1.807) is 0 Å². The van der Waals surface area contributed by atoms with Crippen LogP contribution in [0.5, 0.6) is 0 Å². The third-order valence-electron chi connectivity index (χ3n) is 2.91. The van der Waals surface area contributed by atoms with Gasteiger partial charge in [-0.3, -0.25) is 4.79 Å². The summed E-state index contributed by atoms with van der Waals surface area (Å²) < 4.78 is 29.8. The Kier molecular flexibility index (Phi) is 5.32. The number of carboxylic acid groups (broad SMARTS) is 1. The Balaban J connectivity index is 3.27. The molecule has 1 unspecified atom stereocenters. The highest BCUT2D eigenvalue weighted by atomic mass is 35.5. The summed E-state index contributed by atoms with van der Waals surface area (Å²) in [5.74, 6) is -1.95. The molecule has 0 amide bonds. The largest absolute Gasteiger partial charge is 0.480 e. The number of sulfonamides is 1. The first-order valence-electron chi connectivity index (χ1n) is 5.71. The van der Waals surface area contributed by atoms with E-state index in [0.717, 1.165) is 19.2 Å². The van der Waals surface area contributed by atoms with Gasteiger partial charge >= 0.3 is 11.9 Å². The fourth-order valence-electron chi connectivity index (χ4n) is 1.47. The molecular weight excluding hydrogens is 322 g/mol. The number of hydrogen-bond acceptors (Lipinski definition) is 5. The Bertz CT molecular complexity index is 672. The van der Waals surface area contributed by atoms with E-state index in [1.807, 2.05) is 0 Å². The van der Waals surface area contributed by atoms with E-state index in [1.165, 1.54) is 20.1 Å². The molecule has 1 aromatic carbocycles. The maximum absolute atomic E-state index is 12.3. The summed E-state index contributed by atoms with van der Waals surface area (Å²) in [6, 6.07) is 2.27. The second-order valence-corrected chi connectivity index (χ2v) is 6.55. The summed E-state index contributed by atoms with van der Waals surface area (Å²) in [6.07, 6.45) is 0.